The first-order chi connectivity index (χ1) is 15.7. The molecule has 7 nitrogen and oxygen atoms in total. The van der Waals surface area contributed by atoms with Crippen LogP contribution in [-0.4, -0.2) is 39.6 Å². The average Bonchev–Trinajstić information content (AvgIpc) is 3.18. The minimum Gasteiger partial charge on any atom is -0.423 e. The molecule has 1 aliphatic heterocycles. The molecule has 0 spiro atoms. The number of carbonyl (C=O) groups excluding carboxylic acids is 2. The van der Waals surface area contributed by atoms with Gasteiger partial charge in [-0.25, -0.2) is 13.2 Å². The third kappa shape index (κ3) is 4.90. The predicted octanol–water partition coefficient (Wildman–Crippen LogP) is 4.03. The molecule has 0 radical (unpaired) electrons. The second-order valence-corrected chi connectivity index (χ2v) is 9.92. The van der Waals surface area contributed by atoms with Gasteiger partial charge in [0, 0.05) is 24.8 Å². The zero-order valence-electron chi connectivity index (χ0n) is 18.4. The molecule has 1 aliphatic rings. The minimum atomic E-state index is -3.27. The summed E-state index contributed by atoms with van der Waals surface area (Å²) in [5, 5.41) is 0. The van der Waals surface area contributed by atoms with Crippen molar-refractivity contribution in [3.05, 3.63) is 89.5 Å². The summed E-state index contributed by atoms with van der Waals surface area (Å²) in [6.07, 6.45) is 0.591. The molecule has 0 bridgehead atoms. The van der Waals surface area contributed by atoms with Crippen LogP contribution in [0.4, 0.5) is 11.4 Å². The fourth-order valence-corrected chi connectivity index (χ4v) is 5.17. The fraction of sp³-hybridized carbons (Fsp3) is 0.200. The lowest BCUT2D eigenvalue weighted by molar-refractivity contribution is 0.0734. The van der Waals surface area contributed by atoms with Crippen LogP contribution in [0.2, 0.25) is 0 Å². The number of rotatable bonds is 5. The number of carbonyl (C=O) groups is 2. The summed E-state index contributed by atoms with van der Waals surface area (Å²) in [6, 6.07) is 20.3. The van der Waals surface area contributed by atoms with E-state index >= 15 is 0 Å². The number of esters is 1. The van der Waals surface area contributed by atoms with E-state index in [2.05, 4.69) is 0 Å². The summed E-state index contributed by atoms with van der Waals surface area (Å²) in [5.41, 5.74) is 3.18. The Kier molecular flexibility index (Phi) is 6.20. The van der Waals surface area contributed by atoms with Gasteiger partial charge in [0.1, 0.15) is 5.75 Å². The van der Waals surface area contributed by atoms with E-state index < -0.39 is 16.0 Å². The Morgan fingerprint density at radius 3 is 2.06 bits per heavy atom. The molecule has 1 fully saturated rings. The van der Waals surface area contributed by atoms with Gasteiger partial charge in [0.05, 0.1) is 17.0 Å². The van der Waals surface area contributed by atoms with Crippen LogP contribution in [0.25, 0.3) is 0 Å². The summed E-state index contributed by atoms with van der Waals surface area (Å²) in [4.78, 5) is 26.7. The van der Waals surface area contributed by atoms with Crippen LogP contribution < -0.4 is 13.9 Å². The Bertz CT molecular complexity index is 1270. The number of sulfonamides is 1. The predicted molar refractivity (Wildman–Crippen MR) is 128 cm³/mol. The monoisotopic (exact) mass is 464 g/mol. The lowest BCUT2D eigenvalue weighted by atomic mass is 10.1. The lowest BCUT2D eigenvalue weighted by Gasteiger charge is -2.18. The standard InChI is InChI=1S/C25H24N2O5S/c1-18-4-6-19(7-5-18)24(28)26(2)21-12-14-23(15-13-21)32-25(29)20-8-10-22(11-9-20)27-16-3-17-33(27,30)31/h4-15H,3,16-17H2,1-2H3. The Morgan fingerprint density at radius 1 is 0.879 bits per heavy atom. The van der Waals surface area contributed by atoms with Crippen molar-refractivity contribution < 1.29 is 22.7 Å². The number of amides is 1. The van der Waals surface area contributed by atoms with E-state index in [4.69, 9.17) is 4.74 Å². The molecule has 0 atom stereocenters. The fourth-order valence-electron chi connectivity index (χ4n) is 3.60. The average molecular weight is 465 g/mol. The van der Waals surface area contributed by atoms with Gasteiger partial charge in [-0.1, -0.05) is 17.7 Å². The molecular weight excluding hydrogens is 440 g/mol. The van der Waals surface area contributed by atoms with Crippen molar-refractivity contribution >= 4 is 33.3 Å². The number of ether oxygens (including phenoxy) is 1. The maximum atomic E-state index is 12.7. The van der Waals surface area contributed by atoms with Gasteiger partial charge in [-0.3, -0.25) is 9.10 Å². The second kappa shape index (κ2) is 9.07. The zero-order chi connectivity index (χ0) is 23.6. The summed E-state index contributed by atoms with van der Waals surface area (Å²) < 4.78 is 30.9. The molecule has 4 rings (SSSR count). The van der Waals surface area contributed by atoms with Crippen LogP contribution in [0.5, 0.6) is 5.75 Å². The molecule has 0 aromatic heterocycles. The molecule has 1 amide bonds. The number of nitrogens with zero attached hydrogens (tertiary/aromatic N) is 2. The van der Waals surface area contributed by atoms with Crippen LogP contribution in [0.1, 0.15) is 32.7 Å². The molecular formula is C25H24N2O5S. The van der Waals surface area contributed by atoms with Crippen molar-refractivity contribution in [3.63, 3.8) is 0 Å². The molecule has 170 valence electrons. The highest BCUT2D eigenvalue weighted by molar-refractivity contribution is 7.93. The number of anilines is 2. The SMILES string of the molecule is Cc1ccc(C(=O)N(C)c2ccc(OC(=O)c3ccc(N4CCCS4(=O)=O)cc3)cc2)cc1. The maximum Gasteiger partial charge on any atom is 0.343 e. The highest BCUT2D eigenvalue weighted by Gasteiger charge is 2.28. The normalized spacial score (nSPS) is 14.7. The molecule has 8 heteroatoms. The Labute approximate surface area is 193 Å². The van der Waals surface area contributed by atoms with E-state index in [1.165, 1.54) is 9.21 Å². The van der Waals surface area contributed by atoms with Crippen LogP contribution in [0.15, 0.2) is 72.8 Å². The van der Waals surface area contributed by atoms with Crippen LogP contribution in [0, 0.1) is 6.92 Å². The van der Waals surface area contributed by atoms with Gasteiger partial charge in [-0.05, 0) is 74.0 Å². The van der Waals surface area contributed by atoms with Crippen molar-refractivity contribution in [3.8, 4) is 5.75 Å². The van der Waals surface area contributed by atoms with Gasteiger partial charge in [-0.15, -0.1) is 0 Å². The second-order valence-electron chi connectivity index (χ2n) is 7.90. The topological polar surface area (TPSA) is 84.0 Å². The third-order valence-corrected chi connectivity index (χ3v) is 7.40. The van der Waals surface area contributed by atoms with Crippen molar-refractivity contribution in [2.45, 2.75) is 13.3 Å². The Morgan fingerprint density at radius 2 is 1.48 bits per heavy atom. The maximum absolute atomic E-state index is 12.7. The van der Waals surface area contributed by atoms with Crippen molar-refractivity contribution in [1.82, 2.24) is 0 Å². The molecule has 0 aliphatic carbocycles. The van der Waals surface area contributed by atoms with Crippen molar-refractivity contribution in [2.75, 3.05) is 28.6 Å². The van der Waals surface area contributed by atoms with E-state index in [0.29, 0.717) is 41.2 Å². The molecule has 1 heterocycles. The van der Waals surface area contributed by atoms with Gasteiger partial charge in [0.2, 0.25) is 10.0 Å². The molecule has 33 heavy (non-hydrogen) atoms. The quantitative estimate of drug-likeness (QED) is 0.421. The van der Waals surface area contributed by atoms with E-state index in [9.17, 15) is 18.0 Å². The highest BCUT2D eigenvalue weighted by Crippen LogP contribution is 2.25. The van der Waals surface area contributed by atoms with E-state index in [-0.39, 0.29) is 11.7 Å². The van der Waals surface area contributed by atoms with Gasteiger partial charge >= 0.3 is 5.97 Å². The van der Waals surface area contributed by atoms with Crippen LogP contribution >= 0.6 is 0 Å². The molecule has 1 saturated heterocycles. The van der Waals surface area contributed by atoms with E-state index in [0.717, 1.165) is 5.56 Å². The van der Waals surface area contributed by atoms with Crippen LogP contribution in [-0.2, 0) is 10.0 Å². The Hall–Kier alpha value is -3.65. The number of hydrogen-bond donors (Lipinski definition) is 0. The van der Waals surface area contributed by atoms with Gasteiger partial charge < -0.3 is 9.64 Å². The van der Waals surface area contributed by atoms with Gasteiger partial charge in [-0.2, -0.15) is 0 Å². The number of hydrogen-bond acceptors (Lipinski definition) is 5. The van der Waals surface area contributed by atoms with Crippen molar-refractivity contribution in [1.29, 1.82) is 0 Å². The summed E-state index contributed by atoms with van der Waals surface area (Å²) in [6.45, 7) is 2.41. The minimum absolute atomic E-state index is 0.137. The third-order valence-electron chi connectivity index (χ3n) is 5.53. The highest BCUT2D eigenvalue weighted by atomic mass is 32.2. The first kappa shape index (κ1) is 22.5. The molecule has 0 N–H and O–H groups in total. The zero-order valence-corrected chi connectivity index (χ0v) is 19.2. The van der Waals surface area contributed by atoms with Crippen molar-refractivity contribution in [2.24, 2.45) is 0 Å². The summed E-state index contributed by atoms with van der Waals surface area (Å²) in [7, 11) is -1.58. The number of aryl methyl sites for hydroxylation is 1. The largest absolute Gasteiger partial charge is 0.423 e. The van der Waals surface area contributed by atoms with Gasteiger partial charge in [0.15, 0.2) is 0 Å². The molecule has 0 saturated carbocycles. The first-order valence-corrected chi connectivity index (χ1v) is 12.1. The lowest BCUT2D eigenvalue weighted by Crippen LogP contribution is -2.26. The molecule has 3 aromatic carbocycles. The van der Waals surface area contributed by atoms with E-state index in [1.54, 1.807) is 67.7 Å². The summed E-state index contributed by atoms with van der Waals surface area (Å²) in [5.74, 6) is -0.216. The first-order valence-electron chi connectivity index (χ1n) is 10.5. The van der Waals surface area contributed by atoms with Crippen LogP contribution in [0.3, 0.4) is 0 Å². The Balaban J connectivity index is 1.41. The summed E-state index contributed by atoms with van der Waals surface area (Å²) >= 11 is 0. The smallest absolute Gasteiger partial charge is 0.343 e. The molecule has 0 unspecified atom stereocenters. The van der Waals surface area contributed by atoms with E-state index in [1.807, 2.05) is 19.1 Å². The van der Waals surface area contributed by atoms with Gasteiger partial charge in [0.25, 0.3) is 5.91 Å². The number of benzene rings is 3. The molecule has 3 aromatic rings.